The zero-order valence-corrected chi connectivity index (χ0v) is 17.5. The number of benzene rings is 4. The molecule has 2 nitrogen and oxygen atoms in total. The highest BCUT2D eigenvalue weighted by atomic mass is 14.8. The lowest BCUT2D eigenvalue weighted by atomic mass is 9.88. The second-order valence-corrected chi connectivity index (χ2v) is 8.58. The Morgan fingerprint density at radius 1 is 0.719 bits per heavy atom. The molecule has 0 radical (unpaired) electrons. The van der Waals surface area contributed by atoms with Crippen molar-refractivity contribution < 1.29 is 4.99 Å². The van der Waals surface area contributed by atoms with Crippen molar-refractivity contribution in [1.29, 1.82) is 0 Å². The second kappa shape index (κ2) is 6.66. The van der Waals surface area contributed by atoms with Gasteiger partial charge in [-0.05, 0) is 46.4 Å². The molecule has 0 saturated heterocycles. The van der Waals surface area contributed by atoms with Crippen LogP contribution in [0.3, 0.4) is 0 Å². The standard InChI is InChI=1S/C30H20N2/c1-2-8-22-19(7-1)15-21-16-20(13-14-23(21)22)30(26-17-31-28-11-5-3-9-24(26)28)27-18-32-29-12-6-4-10-25(27)29/h1-14,16-18,31H,15H2/p+1/b30-27+. The van der Waals surface area contributed by atoms with Gasteiger partial charge in [0.1, 0.15) is 0 Å². The fraction of sp³-hybridized carbons (Fsp3) is 0.0333. The van der Waals surface area contributed by atoms with Crippen molar-refractivity contribution in [2.24, 2.45) is 0 Å². The van der Waals surface area contributed by atoms with Gasteiger partial charge in [0.25, 0.3) is 0 Å². The van der Waals surface area contributed by atoms with E-state index in [9.17, 15) is 0 Å². The monoisotopic (exact) mass is 409 g/mol. The summed E-state index contributed by atoms with van der Waals surface area (Å²) in [5.41, 5.74) is 14.1. The second-order valence-electron chi connectivity index (χ2n) is 8.58. The van der Waals surface area contributed by atoms with Crippen LogP contribution in [0, 0.1) is 0 Å². The molecule has 2 N–H and O–H groups in total. The molecule has 5 aromatic rings. The molecule has 0 atom stereocenters. The molecule has 2 heterocycles. The summed E-state index contributed by atoms with van der Waals surface area (Å²) < 4.78 is 0. The molecule has 0 amide bonds. The fourth-order valence-electron chi connectivity index (χ4n) is 5.31. The maximum Gasteiger partial charge on any atom is 0.211 e. The van der Waals surface area contributed by atoms with E-state index in [-0.39, 0.29) is 0 Å². The van der Waals surface area contributed by atoms with Gasteiger partial charge in [-0.2, -0.15) is 0 Å². The number of rotatable bonds is 2. The Morgan fingerprint density at radius 3 is 2.47 bits per heavy atom. The number of aromatic nitrogens is 1. The number of para-hydroxylation sites is 2. The molecule has 1 aliphatic heterocycles. The molecule has 7 rings (SSSR count). The van der Waals surface area contributed by atoms with E-state index >= 15 is 0 Å². The van der Waals surface area contributed by atoms with Gasteiger partial charge in [-0.3, -0.25) is 0 Å². The Bertz CT molecular complexity index is 1600. The van der Waals surface area contributed by atoms with Crippen molar-refractivity contribution in [3.63, 3.8) is 0 Å². The molecule has 2 heteroatoms. The third-order valence-electron chi connectivity index (χ3n) is 6.80. The van der Waals surface area contributed by atoms with E-state index < -0.39 is 0 Å². The van der Waals surface area contributed by atoms with Crippen LogP contribution in [-0.2, 0) is 6.42 Å². The number of allylic oxidation sites excluding steroid dienone is 1. The first kappa shape index (κ1) is 17.5. The summed E-state index contributed by atoms with van der Waals surface area (Å²) in [6.07, 6.45) is 5.31. The molecule has 1 aromatic heterocycles. The molecule has 0 spiro atoms. The number of hydrogen-bond acceptors (Lipinski definition) is 0. The van der Waals surface area contributed by atoms with Crippen LogP contribution in [0.25, 0.3) is 33.2 Å². The lowest BCUT2D eigenvalue weighted by molar-refractivity contribution is -0.342. The molecule has 150 valence electrons. The summed E-state index contributed by atoms with van der Waals surface area (Å²) in [4.78, 5) is 6.97. The van der Waals surface area contributed by atoms with Gasteiger partial charge < -0.3 is 4.98 Å². The van der Waals surface area contributed by atoms with Gasteiger partial charge in [0.05, 0.1) is 11.1 Å². The van der Waals surface area contributed by atoms with Gasteiger partial charge in [-0.1, -0.05) is 72.8 Å². The Kier molecular flexibility index (Phi) is 3.65. The predicted octanol–water partition coefficient (Wildman–Crippen LogP) is 5.49. The van der Waals surface area contributed by atoms with Crippen molar-refractivity contribution in [1.82, 2.24) is 4.98 Å². The minimum Gasteiger partial charge on any atom is -0.361 e. The molecule has 4 aromatic carbocycles. The van der Waals surface area contributed by atoms with Gasteiger partial charge in [-0.15, -0.1) is 0 Å². The van der Waals surface area contributed by atoms with Gasteiger partial charge in [0.15, 0.2) is 6.21 Å². The first-order valence-electron chi connectivity index (χ1n) is 11.1. The van der Waals surface area contributed by atoms with Gasteiger partial charge >= 0.3 is 0 Å². The Labute approximate surface area is 186 Å². The summed E-state index contributed by atoms with van der Waals surface area (Å²) in [5.74, 6) is 0. The van der Waals surface area contributed by atoms with E-state index in [0.717, 1.165) is 17.6 Å². The zero-order valence-electron chi connectivity index (χ0n) is 17.5. The van der Waals surface area contributed by atoms with Crippen molar-refractivity contribution in [2.45, 2.75) is 6.42 Å². The third kappa shape index (κ3) is 2.50. The van der Waals surface area contributed by atoms with Crippen molar-refractivity contribution in [2.75, 3.05) is 0 Å². The Hall–Kier alpha value is -4.17. The van der Waals surface area contributed by atoms with Crippen LogP contribution in [0.1, 0.15) is 27.8 Å². The minimum atomic E-state index is 0.994. The van der Waals surface area contributed by atoms with E-state index in [4.69, 9.17) is 0 Å². The van der Waals surface area contributed by atoms with Crippen LogP contribution in [-0.4, -0.2) is 11.2 Å². The van der Waals surface area contributed by atoms with E-state index in [0.29, 0.717) is 0 Å². The molecule has 0 unspecified atom stereocenters. The third-order valence-corrected chi connectivity index (χ3v) is 6.80. The quantitative estimate of drug-likeness (QED) is 0.379. The van der Waals surface area contributed by atoms with E-state index in [1.165, 1.54) is 55.5 Å². The molecule has 32 heavy (non-hydrogen) atoms. The first-order chi connectivity index (χ1) is 15.9. The molecular formula is C30H21N2+. The van der Waals surface area contributed by atoms with Gasteiger partial charge in [-0.25, -0.2) is 4.99 Å². The van der Waals surface area contributed by atoms with E-state index in [1.807, 2.05) is 0 Å². The van der Waals surface area contributed by atoms with Crippen LogP contribution in [0.15, 0.2) is 97.2 Å². The predicted molar refractivity (Wildman–Crippen MR) is 132 cm³/mol. The SMILES string of the molecule is C1=[NH+]c2ccccc2/C1=C(\c1ccc2c(c1)Cc1ccccc1-2)c1c[nH]c2ccccc12. The fourth-order valence-corrected chi connectivity index (χ4v) is 5.31. The topological polar surface area (TPSA) is 29.8 Å². The number of aromatic amines is 1. The first-order valence-corrected chi connectivity index (χ1v) is 11.1. The van der Waals surface area contributed by atoms with Crippen LogP contribution >= 0.6 is 0 Å². The summed E-state index contributed by atoms with van der Waals surface area (Å²) >= 11 is 0. The number of hydrogen-bond donors (Lipinski definition) is 2. The summed E-state index contributed by atoms with van der Waals surface area (Å²) in [6, 6.07) is 32.9. The molecule has 1 aliphatic carbocycles. The molecular weight excluding hydrogens is 388 g/mol. The van der Waals surface area contributed by atoms with Gasteiger partial charge in [0, 0.05) is 34.3 Å². The molecule has 0 saturated carbocycles. The van der Waals surface area contributed by atoms with Crippen LogP contribution in [0.5, 0.6) is 0 Å². The highest BCUT2D eigenvalue weighted by Gasteiger charge is 2.26. The number of nitrogens with one attached hydrogen (secondary N) is 2. The maximum absolute atomic E-state index is 3.48. The summed E-state index contributed by atoms with van der Waals surface area (Å²) in [5, 5.41) is 1.25. The average Bonchev–Trinajstić information content (AvgIpc) is 3.55. The van der Waals surface area contributed by atoms with Crippen molar-refractivity contribution in [3.8, 4) is 11.1 Å². The van der Waals surface area contributed by atoms with Crippen LogP contribution in [0.2, 0.25) is 0 Å². The Morgan fingerprint density at radius 2 is 1.50 bits per heavy atom. The van der Waals surface area contributed by atoms with E-state index in [2.05, 4.69) is 113 Å². The highest BCUT2D eigenvalue weighted by Crippen LogP contribution is 2.42. The normalized spacial score (nSPS) is 15.0. The maximum atomic E-state index is 3.48. The zero-order chi connectivity index (χ0) is 21.1. The largest absolute Gasteiger partial charge is 0.361 e. The van der Waals surface area contributed by atoms with E-state index in [1.54, 1.807) is 0 Å². The van der Waals surface area contributed by atoms with Crippen molar-refractivity contribution in [3.05, 3.63) is 125 Å². The lowest BCUT2D eigenvalue weighted by Gasteiger charge is -2.12. The van der Waals surface area contributed by atoms with Gasteiger partial charge in [0.2, 0.25) is 5.69 Å². The smallest absolute Gasteiger partial charge is 0.211 e. The van der Waals surface area contributed by atoms with Crippen LogP contribution < -0.4 is 4.99 Å². The molecule has 2 aliphatic rings. The number of fused-ring (bicyclic) bond motifs is 5. The van der Waals surface area contributed by atoms with Crippen LogP contribution in [0.4, 0.5) is 5.69 Å². The number of H-pyrrole nitrogens is 1. The molecule has 0 bridgehead atoms. The van der Waals surface area contributed by atoms with Crippen molar-refractivity contribution >= 4 is 34.0 Å². The lowest BCUT2D eigenvalue weighted by Crippen LogP contribution is -2.58. The Balaban J connectivity index is 1.50. The summed E-state index contributed by atoms with van der Waals surface area (Å²) in [7, 11) is 0. The molecule has 0 fully saturated rings. The average molecular weight is 410 g/mol. The summed E-state index contributed by atoms with van der Waals surface area (Å²) in [6.45, 7) is 0. The minimum absolute atomic E-state index is 0.994. The highest BCUT2D eigenvalue weighted by molar-refractivity contribution is 6.24.